The molecule has 0 unspecified atom stereocenters. The first-order valence-corrected chi connectivity index (χ1v) is 9.89. The SMILES string of the molecule is C=CCNC(=O)[C@H](C)Sc1nnc(-c2ccccn2)n1-c1ccc(C)cc1C. The summed E-state index contributed by atoms with van der Waals surface area (Å²) in [6.45, 7) is 10.0. The van der Waals surface area contributed by atoms with Gasteiger partial charge in [0.25, 0.3) is 0 Å². The molecule has 144 valence electrons. The van der Waals surface area contributed by atoms with E-state index in [9.17, 15) is 4.79 Å². The maximum atomic E-state index is 12.3. The van der Waals surface area contributed by atoms with Crippen molar-refractivity contribution in [1.82, 2.24) is 25.1 Å². The van der Waals surface area contributed by atoms with Gasteiger partial charge in [-0.3, -0.25) is 14.3 Å². The van der Waals surface area contributed by atoms with E-state index in [0.29, 0.717) is 17.5 Å². The summed E-state index contributed by atoms with van der Waals surface area (Å²) in [4.78, 5) is 16.7. The monoisotopic (exact) mass is 393 g/mol. The van der Waals surface area contributed by atoms with Gasteiger partial charge >= 0.3 is 0 Å². The quantitative estimate of drug-likeness (QED) is 0.489. The molecule has 0 saturated heterocycles. The third-order valence-electron chi connectivity index (χ3n) is 4.19. The summed E-state index contributed by atoms with van der Waals surface area (Å²) < 4.78 is 1.97. The highest BCUT2D eigenvalue weighted by atomic mass is 32.2. The molecule has 0 fully saturated rings. The lowest BCUT2D eigenvalue weighted by Gasteiger charge is -2.15. The van der Waals surface area contributed by atoms with Crippen LogP contribution in [0.4, 0.5) is 0 Å². The van der Waals surface area contributed by atoms with Gasteiger partial charge in [0.05, 0.1) is 10.9 Å². The molecule has 0 aliphatic carbocycles. The number of rotatable bonds is 7. The van der Waals surface area contributed by atoms with Gasteiger partial charge in [-0.05, 0) is 44.5 Å². The Bertz CT molecular complexity index is 984. The summed E-state index contributed by atoms with van der Waals surface area (Å²) in [6, 6.07) is 11.9. The Balaban J connectivity index is 2.04. The molecule has 0 spiro atoms. The summed E-state index contributed by atoms with van der Waals surface area (Å²) >= 11 is 1.37. The van der Waals surface area contributed by atoms with Gasteiger partial charge in [-0.15, -0.1) is 16.8 Å². The van der Waals surface area contributed by atoms with E-state index < -0.39 is 0 Å². The van der Waals surface area contributed by atoms with Crippen LogP contribution in [-0.4, -0.2) is 37.5 Å². The Morgan fingerprint density at radius 1 is 1.29 bits per heavy atom. The number of aryl methyl sites for hydroxylation is 2. The lowest BCUT2D eigenvalue weighted by Crippen LogP contribution is -2.31. The molecular formula is C21H23N5OS. The number of thioether (sulfide) groups is 1. The van der Waals surface area contributed by atoms with Crippen LogP contribution in [-0.2, 0) is 4.79 Å². The number of pyridine rings is 1. The Hall–Kier alpha value is -2.93. The number of aromatic nitrogens is 4. The fraction of sp³-hybridized carbons (Fsp3) is 0.238. The first-order chi connectivity index (χ1) is 13.5. The molecule has 28 heavy (non-hydrogen) atoms. The molecular weight excluding hydrogens is 370 g/mol. The number of amides is 1. The van der Waals surface area contributed by atoms with Gasteiger partial charge in [0.1, 0.15) is 5.69 Å². The van der Waals surface area contributed by atoms with Gasteiger partial charge in [-0.25, -0.2) is 0 Å². The molecule has 6 nitrogen and oxygen atoms in total. The normalized spacial score (nSPS) is 11.8. The van der Waals surface area contributed by atoms with Gasteiger partial charge in [0, 0.05) is 12.7 Å². The number of carbonyl (C=O) groups excluding carboxylic acids is 1. The highest BCUT2D eigenvalue weighted by molar-refractivity contribution is 8.00. The molecule has 3 aromatic rings. The van der Waals surface area contributed by atoms with Crippen LogP contribution in [0, 0.1) is 13.8 Å². The van der Waals surface area contributed by atoms with E-state index in [2.05, 4.69) is 53.1 Å². The number of nitrogens with zero attached hydrogens (tertiary/aromatic N) is 4. The largest absolute Gasteiger partial charge is 0.352 e. The average Bonchev–Trinajstić information content (AvgIpc) is 3.10. The van der Waals surface area contributed by atoms with E-state index in [1.807, 2.05) is 35.8 Å². The average molecular weight is 394 g/mol. The van der Waals surface area contributed by atoms with Crippen LogP contribution < -0.4 is 5.32 Å². The van der Waals surface area contributed by atoms with Crippen LogP contribution in [0.1, 0.15) is 18.1 Å². The molecule has 1 atom stereocenters. The minimum atomic E-state index is -0.328. The second-order valence-electron chi connectivity index (χ2n) is 6.44. The Morgan fingerprint density at radius 3 is 2.79 bits per heavy atom. The third-order valence-corrected chi connectivity index (χ3v) is 5.24. The predicted molar refractivity (Wildman–Crippen MR) is 113 cm³/mol. The zero-order valence-electron chi connectivity index (χ0n) is 16.2. The summed E-state index contributed by atoms with van der Waals surface area (Å²) in [7, 11) is 0. The van der Waals surface area contributed by atoms with Gasteiger partial charge in [-0.2, -0.15) is 0 Å². The van der Waals surface area contributed by atoms with E-state index in [0.717, 1.165) is 16.9 Å². The Kier molecular flexibility index (Phi) is 6.26. The summed E-state index contributed by atoms with van der Waals surface area (Å²) in [5.41, 5.74) is 3.98. The zero-order chi connectivity index (χ0) is 20.1. The van der Waals surface area contributed by atoms with Crippen molar-refractivity contribution in [1.29, 1.82) is 0 Å². The molecule has 2 aromatic heterocycles. The van der Waals surface area contributed by atoms with E-state index in [4.69, 9.17) is 0 Å². The van der Waals surface area contributed by atoms with E-state index in [1.54, 1.807) is 12.3 Å². The number of hydrogen-bond acceptors (Lipinski definition) is 5. The molecule has 0 aliphatic rings. The molecule has 0 radical (unpaired) electrons. The molecule has 2 heterocycles. The van der Waals surface area contributed by atoms with Crippen LogP contribution >= 0.6 is 11.8 Å². The molecule has 1 N–H and O–H groups in total. The van der Waals surface area contributed by atoms with Crippen LogP contribution in [0.15, 0.2) is 60.4 Å². The zero-order valence-corrected chi connectivity index (χ0v) is 17.0. The minimum absolute atomic E-state index is 0.0699. The first-order valence-electron chi connectivity index (χ1n) is 9.01. The highest BCUT2D eigenvalue weighted by Gasteiger charge is 2.22. The van der Waals surface area contributed by atoms with Crippen LogP contribution in [0.2, 0.25) is 0 Å². The van der Waals surface area contributed by atoms with Gasteiger partial charge in [-0.1, -0.05) is 41.6 Å². The van der Waals surface area contributed by atoms with E-state index in [-0.39, 0.29) is 11.2 Å². The maximum Gasteiger partial charge on any atom is 0.233 e. The number of benzene rings is 1. The van der Waals surface area contributed by atoms with Crippen molar-refractivity contribution >= 4 is 17.7 Å². The van der Waals surface area contributed by atoms with Crippen molar-refractivity contribution in [2.45, 2.75) is 31.2 Å². The second-order valence-corrected chi connectivity index (χ2v) is 7.75. The third kappa shape index (κ3) is 4.31. The Labute approximate surface area is 169 Å². The highest BCUT2D eigenvalue weighted by Crippen LogP contribution is 2.31. The van der Waals surface area contributed by atoms with Crippen molar-refractivity contribution in [3.63, 3.8) is 0 Å². The predicted octanol–water partition coefficient (Wildman–Crippen LogP) is 3.73. The maximum absolute atomic E-state index is 12.3. The van der Waals surface area contributed by atoms with Crippen molar-refractivity contribution in [2.75, 3.05) is 6.54 Å². The van der Waals surface area contributed by atoms with Crippen molar-refractivity contribution in [2.24, 2.45) is 0 Å². The van der Waals surface area contributed by atoms with Gasteiger partial charge in [0.15, 0.2) is 11.0 Å². The minimum Gasteiger partial charge on any atom is -0.352 e. The fourth-order valence-corrected chi connectivity index (χ4v) is 3.69. The van der Waals surface area contributed by atoms with Crippen LogP contribution in [0.3, 0.4) is 0 Å². The van der Waals surface area contributed by atoms with Crippen LogP contribution in [0.5, 0.6) is 0 Å². The van der Waals surface area contributed by atoms with E-state index >= 15 is 0 Å². The summed E-state index contributed by atoms with van der Waals surface area (Å²) in [5, 5.41) is 11.9. The molecule has 1 amide bonds. The van der Waals surface area contributed by atoms with Crippen molar-refractivity contribution < 1.29 is 4.79 Å². The standard InChI is InChI=1S/C21H23N5OS/c1-5-11-23-20(27)16(4)28-21-25-24-19(17-8-6-7-12-22-17)26(21)18-10-9-14(2)13-15(18)3/h5-10,12-13,16H,1,11H2,2-4H3,(H,23,27)/t16-/m0/s1. The number of carbonyl (C=O) groups is 1. The molecule has 7 heteroatoms. The molecule has 0 aliphatic heterocycles. The molecule has 0 saturated carbocycles. The summed E-state index contributed by atoms with van der Waals surface area (Å²) in [6.07, 6.45) is 3.39. The van der Waals surface area contributed by atoms with Gasteiger partial charge in [0.2, 0.25) is 5.91 Å². The van der Waals surface area contributed by atoms with Crippen LogP contribution in [0.25, 0.3) is 17.2 Å². The lowest BCUT2D eigenvalue weighted by molar-refractivity contribution is -0.120. The number of hydrogen-bond donors (Lipinski definition) is 1. The molecule has 3 rings (SSSR count). The van der Waals surface area contributed by atoms with Crippen molar-refractivity contribution in [3.05, 3.63) is 66.4 Å². The van der Waals surface area contributed by atoms with E-state index in [1.165, 1.54) is 17.3 Å². The lowest BCUT2D eigenvalue weighted by atomic mass is 10.1. The molecule has 0 bridgehead atoms. The second kappa shape index (κ2) is 8.84. The molecule has 1 aromatic carbocycles. The van der Waals surface area contributed by atoms with Gasteiger partial charge < -0.3 is 5.32 Å². The fourth-order valence-electron chi connectivity index (χ4n) is 2.81. The summed E-state index contributed by atoms with van der Waals surface area (Å²) in [5.74, 6) is 0.577. The van der Waals surface area contributed by atoms with Crippen molar-refractivity contribution in [3.8, 4) is 17.2 Å². The Morgan fingerprint density at radius 2 is 2.11 bits per heavy atom. The number of nitrogens with one attached hydrogen (secondary N) is 1. The first kappa shape index (κ1) is 19.8. The topological polar surface area (TPSA) is 72.7 Å². The smallest absolute Gasteiger partial charge is 0.233 e.